The van der Waals surface area contributed by atoms with Crippen molar-refractivity contribution in [2.45, 2.75) is 0 Å². The zero-order valence-corrected chi connectivity index (χ0v) is 12.1. The molecule has 0 unspecified atom stereocenters. The lowest BCUT2D eigenvalue weighted by molar-refractivity contribution is 0.102. The second-order valence-corrected chi connectivity index (χ2v) is 5.24. The Morgan fingerprint density at radius 3 is 2.72 bits per heavy atom. The molecular weight excluding hydrogens is 366 g/mol. The molecule has 2 heterocycles. The number of carbonyl (C=O) groups excluding carboxylic acids is 1. The molecule has 0 atom stereocenters. The molecule has 0 saturated carbocycles. The van der Waals surface area contributed by atoms with E-state index < -0.39 is 5.91 Å². The summed E-state index contributed by atoms with van der Waals surface area (Å²) in [5.41, 5.74) is 0.174. The summed E-state index contributed by atoms with van der Waals surface area (Å²) in [6, 6.07) is 3.15. The molecule has 5 nitrogen and oxygen atoms in total. The highest BCUT2D eigenvalue weighted by Gasteiger charge is 2.09. The van der Waals surface area contributed by atoms with Crippen LogP contribution in [0.15, 0.2) is 44.5 Å². The molecule has 2 N–H and O–H groups in total. The van der Waals surface area contributed by atoms with Crippen LogP contribution in [-0.2, 0) is 0 Å². The zero-order valence-electron chi connectivity index (χ0n) is 8.91. The van der Waals surface area contributed by atoms with E-state index in [2.05, 4.69) is 47.1 Å². The van der Waals surface area contributed by atoms with Crippen molar-refractivity contribution in [1.29, 1.82) is 0 Å². The Bertz CT molecular complexity index is 655. The van der Waals surface area contributed by atoms with E-state index in [9.17, 15) is 9.59 Å². The first-order valence-electron chi connectivity index (χ1n) is 4.86. The molecule has 1 amide bonds. The number of amides is 1. The molecule has 0 radical (unpaired) electrons. The van der Waals surface area contributed by atoms with E-state index in [1.54, 1.807) is 12.3 Å². The quantitative estimate of drug-likeness (QED) is 0.850. The maximum Gasteiger partial charge on any atom is 0.271 e. The first kappa shape index (κ1) is 13.0. The van der Waals surface area contributed by atoms with Crippen LogP contribution in [0.2, 0.25) is 0 Å². The fraction of sp³-hybridized carbons (Fsp3) is 0. The van der Waals surface area contributed by atoms with Crippen molar-refractivity contribution in [3.63, 3.8) is 0 Å². The molecule has 0 aliphatic heterocycles. The zero-order chi connectivity index (χ0) is 13.1. The summed E-state index contributed by atoms with van der Waals surface area (Å²) < 4.78 is 1.36. The van der Waals surface area contributed by atoms with Gasteiger partial charge in [-0.15, -0.1) is 0 Å². The van der Waals surface area contributed by atoms with E-state index >= 15 is 0 Å². The summed E-state index contributed by atoms with van der Waals surface area (Å²) in [6.07, 6.45) is 4.49. The molecule has 18 heavy (non-hydrogen) atoms. The summed E-state index contributed by atoms with van der Waals surface area (Å²) in [6.45, 7) is 0. The number of nitrogens with zero attached hydrogens (tertiary/aromatic N) is 1. The van der Waals surface area contributed by atoms with Crippen molar-refractivity contribution in [3.05, 3.63) is 55.6 Å². The highest BCUT2D eigenvalue weighted by atomic mass is 79.9. The van der Waals surface area contributed by atoms with Gasteiger partial charge in [0.05, 0.1) is 5.56 Å². The van der Waals surface area contributed by atoms with Gasteiger partial charge >= 0.3 is 0 Å². The second kappa shape index (κ2) is 5.45. The standard InChI is InChI=1S/C11H7Br2N3O2/c12-7-1-6(3-14-4-7)10(17)16-9-2-8(13)5-15-11(9)18/h1-5H,(H,15,18)(H,16,17). The first-order chi connectivity index (χ1) is 8.56. The Kier molecular flexibility index (Phi) is 3.93. The molecule has 0 aromatic carbocycles. The maximum absolute atomic E-state index is 11.9. The van der Waals surface area contributed by atoms with Gasteiger partial charge in [0, 0.05) is 27.5 Å². The second-order valence-electron chi connectivity index (χ2n) is 3.41. The largest absolute Gasteiger partial charge is 0.326 e. The lowest BCUT2D eigenvalue weighted by Crippen LogP contribution is -2.19. The molecule has 0 aliphatic carbocycles. The van der Waals surface area contributed by atoms with Gasteiger partial charge in [-0.3, -0.25) is 14.6 Å². The van der Waals surface area contributed by atoms with Crippen LogP contribution in [0.4, 0.5) is 5.69 Å². The van der Waals surface area contributed by atoms with Gasteiger partial charge in [0.2, 0.25) is 0 Å². The third kappa shape index (κ3) is 3.05. The van der Waals surface area contributed by atoms with Crippen LogP contribution in [0.5, 0.6) is 0 Å². The number of halogens is 2. The number of H-pyrrole nitrogens is 1. The highest BCUT2D eigenvalue weighted by Crippen LogP contribution is 2.13. The van der Waals surface area contributed by atoms with Crippen LogP contribution < -0.4 is 10.9 Å². The first-order valence-corrected chi connectivity index (χ1v) is 6.45. The SMILES string of the molecule is O=C(Nc1cc(Br)c[nH]c1=O)c1cncc(Br)c1. The number of aromatic amines is 1. The van der Waals surface area contributed by atoms with Gasteiger partial charge in [-0.2, -0.15) is 0 Å². The Morgan fingerprint density at radius 2 is 2.00 bits per heavy atom. The Hall–Kier alpha value is -1.47. The van der Waals surface area contributed by atoms with Crippen molar-refractivity contribution in [2.24, 2.45) is 0 Å². The van der Waals surface area contributed by atoms with E-state index in [0.29, 0.717) is 14.5 Å². The fourth-order valence-electron chi connectivity index (χ4n) is 1.28. The number of hydrogen-bond acceptors (Lipinski definition) is 3. The third-order valence-electron chi connectivity index (χ3n) is 2.08. The lowest BCUT2D eigenvalue weighted by atomic mass is 10.2. The van der Waals surface area contributed by atoms with Crippen LogP contribution in [0.1, 0.15) is 10.4 Å². The van der Waals surface area contributed by atoms with Gasteiger partial charge < -0.3 is 10.3 Å². The van der Waals surface area contributed by atoms with Crippen LogP contribution >= 0.6 is 31.9 Å². The van der Waals surface area contributed by atoms with Gasteiger partial charge in [0.25, 0.3) is 11.5 Å². The molecular formula is C11H7Br2N3O2. The van der Waals surface area contributed by atoms with Crippen molar-refractivity contribution < 1.29 is 4.79 Å². The molecule has 2 rings (SSSR count). The molecule has 0 spiro atoms. The predicted octanol–water partition coefficient (Wildman–Crippen LogP) is 2.55. The number of hydrogen-bond donors (Lipinski definition) is 2. The number of nitrogens with one attached hydrogen (secondary N) is 2. The molecule has 7 heteroatoms. The van der Waals surface area contributed by atoms with Gasteiger partial charge in [-0.25, -0.2) is 0 Å². The minimum atomic E-state index is -0.396. The Balaban J connectivity index is 2.27. The summed E-state index contributed by atoms with van der Waals surface area (Å²) >= 11 is 6.44. The van der Waals surface area contributed by atoms with Crippen LogP contribution in [-0.4, -0.2) is 15.9 Å². The molecule has 0 fully saturated rings. The van der Waals surface area contributed by atoms with Gasteiger partial charge in [0.15, 0.2) is 0 Å². The summed E-state index contributed by atoms with van der Waals surface area (Å²) in [4.78, 5) is 29.8. The highest BCUT2D eigenvalue weighted by molar-refractivity contribution is 9.10. The molecule has 0 bridgehead atoms. The predicted molar refractivity (Wildman–Crippen MR) is 74.7 cm³/mol. The number of carbonyl (C=O) groups is 1. The van der Waals surface area contributed by atoms with E-state index in [1.165, 1.54) is 18.5 Å². The van der Waals surface area contributed by atoms with Crippen molar-refractivity contribution in [2.75, 3.05) is 5.32 Å². The van der Waals surface area contributed by atoms with Crippen molar-refractivity contribution in [3.8, 4) is 0 Å². The minimum Gasteiger partial charge on any atom is -0.326 e. The number of anilines is 1. The van der Waals surface area contributed by atoms with Crippen LogP contribution in [0.3, 0.4) is 0 Å². The summed E-state index contributed by atoms with van der Waals surface area (Å²) in [7, 11) is 0. The molecule has 0 aliphatic rings. The average molecular weight is 373 g/mol. The van der Waals surface area contributed by atoms with Gasteiger partial charge in [0.1, 0.15) is 5.69 Å². The normalized spacial score (nSPS) is 10.1. The molecule has 0 saturated heterocycles. The minimum absolute atomic E-state index is 0.175. The average Bonchev–Trinajstić information content (AvgIpc) is 2.34. The van der Waals surface area contributed by atoms with E-state index in [4.69, 9.17) is 0 Å². The van der Waals surface area contributed by atoms with Gasteiger partial charge in [-0.1, -0.05) is 0 Å². The fourth-order valence-corrected chi connectivity index (χ4v) is 1.99. The lowest BCUT2D eigenvalue weighted by Gasteiger charge is -2.04. The van der Waals surface area contributed by atoms with E-state index in [1.807, 2.05) is 0 Å². The number of pyridine rings is 2. The smallest absolute Gasteiger partial charge is 0.271 e. The summed E-state index contributed by atoms with van der Waals surface area (Å²) in [5.74, 6) is -0.396. The van der Waals surface area contributed by atoms with Crippen molar-refractivity contribution in [1.82, 2.24) is 9.97 Å². The van der Waals surface area contributed by atoms with E-state index in [0.717, 1.165) is 0 Å². The topological polar surface area (TPSA) is 74.8 Å². The number of rotatable bonds is 2. The Labute approximate surface area is 119 Å². The number of aromatic nitrogens is 2. The monoisotopic (exact) mass is 371 g/mol. The maximum atomic E-state index is 11.9. The molecule has 2 aromatic rings. The Morgan fingerprint density at radius 1 is 1.22 bits per heavy atom. The van der Waals surface area contributed by atoms with E-state index in [-0.39, 0.29) is 11.2 Å². The third-order valence-corrected chi connectivity index (χ3v) is 2.97. The van der Waals surface area contributed by atoms with Crippen LogP contribution in [0, 0.1) is 0 Å². The molecule has 92 valence electrons. The van der Waals surface area contributed by atoms with Crippen molar-refractivity contribution >= 4 is 43.5 Å². The molecule has 2 aromatic heterocycles. The summed E-state index contributed by atoms with van der Waals surface area (Å²) in [5, 5.41) is 2.52. The van der Waals surface area contributed by atoms with Gasteiger partial charge in [-0.05, 0) is 44.0 Å². The van der Waals surface area contributed by atoms with Crippen LogP contribution in [0.25, 0.3) is 0 Å².